The molecule has 0 amide bonds. The molecule has 0 radical (unpaired) electrons. The van der Waals surface area contributed by atoms with Crippen molar-refractivity contribution < 1.29 is 4.52 Å². The highest BCUT2D eigenvalue weighted by Crippen LogP contribution is 2.22. The van der Waals surface area contributed by atoms with Crippen molar-refractivity contribution in [1.82, 2.24) is 15.5 Å². The highest BCUT2D eigenvalue weighted by Gasteiger charge is 2.04. The zero-order valence-electron chi connectivity index (χ0n) is 11.3. The van der Waals surface area contributed by atoms with E-state index in [1.807, 2.05) is 6.92 Å². The number of hydrogen-bond acceptors (Lipinski definition) is 5. The number of aromatic nitrogens is 2. The number of nitrogens with zero attached hydrogens (tertiary/aromatic N) is 2. The molecule has 4 nitrogen and oxygen atoms in total. The second-order valence-electron chi connectivity index (χ2n) is 4.35. The normalized spacial score (nSPS) is 10.8. The molecule has 5 heteroatoms. The van der Waals surface area contributed by atoms with Crippen LogP contribution in [0.5, 0.6) is 0 Å². The summed E-state index contributed by atoms with van der Waals surface area (Å²) in [5.74, 6) is 2.08. The average Bonchev–Trinajstić information content (AvgIpc) is 2.83. The first-order valence-corrected chi connectivity index (χ1v) is 7.48. The van der Waals surface area contributed by atoms with Gasteiger partial charge in [0.1, 0.15) is 0 Å². The molecule has 0 aliphatic carbocycles. The lowest BCUT2D eigenvalue weighted by molar-refractivity contribution is 0.387. The lowest BCUT2D eigenvalue weighted by atomic mass is 10.2. The molecule has 2 aromatic rings. The molecule has 0 aliphatic heterocycles. The summed E-state index contributed by atoms with van der Waals surface area (Å²) in [5, 5.41) is 7.19. The van der Waals surface area contributed by atoms with Crippen molar-refractivity contribution in [3.8, 4) is 0 Å². The zero-order chi connectivity index (χ0) is 13.5. The van der Waals surface area contributed by atoms with E-state index >= 15 is 0 Å². The molecule has 0 atom stereocenters. The predicted octanol–water partition coefficient (Wildman–Crippen LogP) is 3.17. The van der Waals surface area contributed by atoms with E-state index in [-0.39, 0.29) is 0 Å². The molecule has 1 aromatic carbocycles. The molecule has 0 fully saturated rings. The maximum absolute atomic E-state index is 5.10. The fourth-order valence-electron chi connectivity index (χ4n) is 1.70. The van der Waals surface area contributed by atoms with Crippen LogP contribution in [0.25, 0.3) is 0 Å². The third kappa shape index (κ3) is 4.69. The van der Waals surface area contributed by atoms with Gasteiger partial charge in [0, 0.05) is 11.4 Å². The van der Waals surface area contributed by atoms with Crippen molar-refractivity contribution >= 4 is 11.8 Å². The molecule has 0 aliphatic rings. The quantitative estimate of drug-likeness (QED) is 0.622. The second-order valence-corrected chi connectivity index (χ2v) is 5.40. The van der Waals surface area contributed by atoms with E-state index in [4.69, 9.17) is 4.52 Å². The van der Waals surface area contributed by atoms with Crippen LogP contribution in [0, 0.1) is 6.92 Å². The van der Waals surface area contributed by atoms with Crippen LogP contribution < -0.4 is 5.32 Å². The van der Waals surface area contributed by atoms with Gasteiger partial charge in [-0.1, -0.05) is 24.2 Å². The van der Waals surface area contributed by atoms with Crippen molar-refractivity contribution in [3.05, 3.63) is 41.5 Å². The maximum Gasteiger partial charge on any atom is 0.236 e. The van der Waals surface area contributed by atoms with E-state index in [0.717, 1.165) is 19.5 Å². The van der Waals surface area contributed by atoms with Gasteiger partial charge in [0.2, 0.25) is 5.89 Å². The number of thioether (sulfide) groups is 1. The number of hydrogen-bond donors (Lipinski definition) is 1. The Balaban J connectivity index is 1.87. The Morgan fingerprint density at radius 3 is 3.00 bits per heavy atom. The molecule has 0 saturated heterocycles. The van der Waals surface area contributed by atoms with Crippen LogP contribution >= 0.6 is 11.8 Å². The van der Waals surface area contributed by atoms with Gasteiger partial charge in [-0.05, 0) is 37.6 Å². The van der Waals surface area contributed by atoms with Crippen LogP contribution in [-0.4, -0.2) is 16.7 Å². The summed E-state index contributed by atoms with van der Waals surface area (Å²) < 4.78 is 5.10. The van der Waals surface area contributed by atoms with Gasteiger partial charge in [-0.2, -0.15) is 4.98 Å². The lowest BCUT2D eigenvalue weighted by Crippen LogP contribution is -2.13. The molecule has 0 spiro atoms. The van der Waals surface area contributed by atoms with Crippen LogP contribution in [0.3, 0.4) is 0 Å². The summed E-state index contributed by atoms with van der Waals surface area (Å²) in [4.78, 5) is 5.43. The number of nitrogens with one attached hydrogen (secondary N) is 1. The van der Waals surface area contributed by atoms with Crippen molar-refractivity contribution in [2.24, 2.45) is 0 Å². The Morgan fingerprint density at radius 2 is 2.26 bits per heavy atom. The minimum absolute atomic E-state index is 0.678. The zero-order valence-corrected chi connectivity index (χ0v) is 12.2. The van der Waals surface area contributed by atoms with Gasteiger partial charge in [0.25, 0.3) is 0 Å². The summed E-state index contributed by atoms with van der Waals surface area (Å²) in [7, 11) is 0. The van der Waals surface area contributed by atoms with E-state index in [1.165, 1.54) is 10.5 Å². The van der Waals surface area contributed by atoms with Gasteiger partial charge in [-0.15, -0.1) is 11.8 Å². The Morgan fingerprint density at radius 1 is 1.37 bits per heavy atom. The number of rotatable bonds is 7. The highest BCUT2D eigenvalue weighted by molar-refractivity contribution is 7.98. The lowest BCUT2D eigenvalue weighted by Gasteiger charge is -2.05. The van der Waals surface area contributed by atoms with Gasteiger partial charge in [-0.25, -0.2) is 0 Å². The molecule has 0 unspecified atom stereocenters. The molecule has 1 aromatic heterocycles. The molecule has 0 bridgehead atoms. The average molecular weight is 277 g/mol. The van der Waals surface area contributed by atoms with Crippen molar-refractivity contribution in [3.63, 3.8) is 0 Å². The monoisotopic (exact) mass is 277 g/mol. The fraction of sp³-hybridized carbons (Fsp3) is 0.429. The Hall–Kier alpha value is -1.33. The molecular formula is C14H19N3OS. The second kappa shape index (κ2) is 7.31. The first-order chi connectivity index (χ1) is 9.28. The third-order valence-corrected chi connectivity index (χ3v) is 3.56. The summed E-state index contributed by atoms with van der Waals surface area (Å²) in [6.45, 7) is 5.98. The van der Waals surface area contributed by atoms with Crippen LogP contribution in [0.2, 0.25) is 0 Å². The Labute approximate surface area is 118 Å². The maximum atomic E-state index is 5.10. The SMILES string of the molecule is CCCNCc1cccc(SCc2nc(C)no2)c1. The molecule has 0 saturated carbocycles. The first kappa shape index (κ1) is 14.1. The fourth-order valence-corrected chi connectivity index (χ4v) is 2.52. The van der Waals surface area contributed by atoms with Gasteiger partial charge in [-0.3, -0.25) is 0 Å². The minimum Gasteiger partial charge on any atom is -0.338 e. The van der Waals surface area contributed by atoms with E-state index in [0.29, 0.717) is 17.5 Å². The van der Waals surface area contributed by atoms with Crippen molar-refractivity contribution in [2.75, 3.05) is 6.54 Å². The minimum atomic E-state index is 0.678. The van der Waals surface area contributed by atoms with Gasteiger partial charge < -0.3 is 9.84 Å². The highest BCUT2D eigenvalue weighted by atomic mass is 32.2. The van der Waals surface area contributed by atoms with Gasteiger partial charge in [0.15, 0.2) is 5.82 Å². The van der Waals surface area contributed by atoms with Gasteiger partial charge in [0.05, 0.1) is 5.75 Å². The van der Waals surface area contributed by atoms with Crippen LogP contribution in [0.1, 0.15) is 30.6 Å². The first-order valence-electron chi connectivity index (χ1n) is 6.49. The number of aryl methyl sites for hydroxylation is 1. The van der Waals surface area contributed by atoms with Crippen molar-refractivity contribution in [2.45, 2.75) is 37.5 Å². The Kier molecular flexibility index (Phi) is 5.42. The summed E-state index contributed by atoms with van der Waals surface area (Å²) in [6, 6.07) is 8.54. The summed E-state index contributed by atoms with van der Waals surface area (Å²) >= 11 is 1.72. The largest absolute Gasteiger partial charge is 0.338 e. The van der Waals surface area contributed by atoms with Gasteiger partial charge >= 0.3 is 0 Å². The summed E-state index contributed by atoms with van der Waals surface area (Å²) in [5.41, 5.74) is 1.31. The summed E-state index contributed by atoms with van der Waals surface area (Å²) in [6.07, 6.45) is 1.16. The molecule has 2 rings (SSSR count). The molecule has 1 N–H and O–H groups in total. The van der Waals surface area contributed by atoms with Crippen LogP contribution in [-0.2, 0) is 12.3 Å². The van der Waals surface area contributed by atoms with Crippen LogP contribution in [0.15, 0.2) is 33.7 Å². The topological polar surface area (TPSA) is 51.0 Å². The van der Waals surface area contributed by atoms with E-state index < -0.39 is 0 Å². The van der Waals surface area contributed by atoms with E-state index in [9.17, 15) is 0 Å². The molecule has 1 heterocycles. The Bertz CT molecular complexity index is 513. The smallest absolute Gasteiger partial charge is 0.236 e. The van der Waals surface area contributed by atoms with E-state index in [2.05, 4.69) is 46.6 Å². The molecular weight excluding hydrogens is 258 g/mol. The predicted molar refractivity (Wildman–Crippen MR) is 77.0 cm³/mol. The van der Waals surface area contributed by atoms with E-state index in [1.54, 1.807) is 11.8 Å². The third-order valence-electron chi connectivity index (χ3n) is 2.59. The standard InChI is InChI=1S/C14H19N3OS/c1-3-7-15-9-12-5-4-6-13(8-12)19-10-14-16-11(2)17-18-14/h4-6,8,15H,3,7,9-10H2,1-2H3. The molecule has 19 heavy (non-hydrogen) atoms. The molecule has 102 valence electrons. The van der Waals surface area contributed by atoms with Crippen LogP contribution in [0.4, 0.5) is 0 Å². The van der Waals surface area contributed by atoms with Crippen molar-refractivity contribution in [1.29, 1.82) is 0 Å². The number of benzene rings is 1.